The van der Waals surface area contributed by atoms with Crippen molar-refractivity contribution in [1.29, 1.82) is 0 Å². The molecular weight excluding hydrogens is 278 g/mol. The van der Waals surface area contributed by atoms with Crippen LogP contribution < -0.4 is 16.6 Å². The summed E-state index contributed by atoms with van der Waals surface area (Å²) in [4.78, 5) is 39.1. The Morgan fingerprint density at radius 1 is 1.45 bits per heavy atom. The summed E-state index contributed by atoms with van der Waals surface area (Å²) in [7, 11) is 0. The Labute approximate surface area is 119 Å². The molecule has 0 unspecified atom stereocenters. The predicted molar refractivity (Wildman–Crippen MR) is 77.4 cm³/mol. The van der Waals surface area contributed by atoms with E-state index in [1.807, 2.05) is 24.4 Å². The SMILES string of the molecule is CCCNC(=O)c1c[nH]c(=O)n(Cc2cccs2)c1=O. The van der Waals surface area contributed by atoms with E-state index in [0.717, 1.165) is 15.9 Å². The highest BCUT2D eigenvalue weighted by Crippen LogP contribution is 2.08. The molecule has 7 heteroatoms. The van der Waals surface area contributed by atoms with Crippen molar-refractivity contribution in [2.45, 2.75) is 19.9 Å². The molecule has 2 aromatic rings. The van der Waals surface area contributed by atoms with Crippen LogP contribution in [0.4, 0.5) is 0 Å². The van der Waals surface area contributed by atoms with Crippen LogP contribution in [-0.4, -0.2) is 22.0 Å². The van der Waals surface area contributed by atoms with Crippen molar-refractivity contribution >= 4 is 17.2 Å². The average Bonchev–Trinajstić information content (AvgIpc) is 2.94. The van der Waals surface area contributed by atoms with Gasteiger partial charge in [-0.25, -0.2) is 4.79 Å². The summed E-state index contributed by atoms with van der Waals surface area (Å²) in [6.07, 6.45) is 1.94. The summed E-state index contributed by atoms with van der Waals surface area (Å²) in [5, 5.41) is 4.49. The molecule has 0 atom stereocenters. The van der Waals surface area contributed by atoms with E-state index in [1.165, 1.54) is 17.5 Å². The molecule has 1 amide bonds. The van der Waals surface area contributed by atoms with Gasteiger partial charge in [0.2, 0.25) is 0 Å². The largest absolute Gasteiger partial charge is 0.352 e. The number of H-pyrrole nitrogens is 1. The highest BCUT2D eigenvalue weighted by molar-refractivity contribution is 7.09. The molecule has 0 bridgehead atoms. The minimum absolute atomic E-state index is 0.0467. The standard InChI is InChI=1S/C13H15N3O3S/c1-2-5-14-11(17)10-7-15-13(19)16(12(10)18)8-9-4-3-6-20-9/h3-4,6-7H,2,5,8H2,1H3,(H,14,17)(H,15,19). The van der Waals surface area contributed by atoms with E-state index >= 15 is 0 Å². The molecule has 6 nitrogen and oxygen atoms in total. The molecule has 0 spiro atoms. The smallest absolute Gasteiger partial charge is 0.328 e. The first-order valence-corrected chi connectivity index (χ1v) is 7.14. The van der Waals surface area contributed by atoms with Crippen molar-refractivity contribution in [3.63, 3.8) is 0 Å². The number of amides is 1. The third kappa shape index (κ3) is 3.05. The van der Waals surface area contributed by atoms with Gasteiger partial charge in [-0.2, -0.15) is 0 Å². The average molecular weight is 293 g/mol. The minimum Gasteiger partial charge on any atom is -0.352 e. The van der Waals surface area contributed by atoms with E-state index in [-0.39, 0.29) is 12.1 Å². The van der Waals surface area contributed by atoms with Crippen molar-refractivity contribution in [2.75, 3.05) is 6.54 Å². The number of hydrogen-bond donors (Lipinski definition) is 2. The molecule has 2 heterocycles. The van der Waals surface area contributed by atoms with Crippen LogP contribution in [0.3, 0.4) is 0 Å². The van der Waals surface area contributed by atoms with Crippen LogP contribution in [0.5, 0.6) is 0 Å². The fraction of sp³-hybridized carbons (Fsp3) is 0.308. The third-order valence-corrected chi connectivity index (χ3v) is 3.60. The lowest BCUT2D eigenvalue weighted by molar-refractivity contribution is 0.0951. The van der Waals surface area contributed by atoms with Crippen LogP contribution in [-0.2, 0) is 6.54 Å². The van der Waals surface area contributed by atoms with Crippen LogP contribution in [0.2, 0.25) is 0 Å². The van der Waals surface area contributed by atoms with Crippen LogP contribution in [0.15, 0.2) is 33.3 Å². The zero-order valence-electron chi connectivity index (χ0n) is 11.0. The maximum Gasteiger partial charge on any atom is 0.328 e. The zero-order valence-corrected chi connectivity index (χ0v) is 11.8. The van der Waals surface area contributed by atoms with Crippen LogP contribution >= 0.6 is 11.3 Å². The van der Waals surface area contributed by atoms with Gasteiger partial charge in [0, 0.05) is 17.6 Å². The molecule has 2 rings (SSSR count). The van der Waals surface area contributed by atoms with Gasteiger partial charge < -0.3 is 10.3 Å². The quantitative estimate of drug-likeness (QED) is 0.854. The van der Waals surface area contributed by atoms with Gasteiger partial charge in [0.25, 0.3) is 11.5 Å². The highest BCUT2D eigenvalue weighted by Gasteiger charge is 2.14. The molecule has 0 saturated carbocycles. The van der Waals surface area contributed by atoms with Crippen molar-refractivity contribution in [3.8, 4) is 0 Å². The molecular formula is C13H15N3O3S. The molecule has 0 aliphatic rings. The van der Waals surface area contributed by atoms with E-state index in [4.69, 9.17) is 0 Å². The number of aromatic amines is 1. The Bertz CT molecular complexity index is 700. The van der Waals surface area contributed by atoms with Crippen molar-refractivity contribution in [2.24, 2.45) is 0 Å². The van der Waals surface area contributed by atoms with E-state index in [2.05, 4.69) is 10.3 Å². The molecule has 106 valence electrons. The topological polar surface area (TPSA) is 84.0 Å². The fourth-order valence-corrected chi connectivity index (χ4v) is 2.40. The monoisotopic (exact) mass is 293 g/mol. The molecule has 0 aliphatic carbocycles. The normalized spacial score (nSPS) is 10.4. The second kappa shape index (κ2) is 6.33. The van der Waals surface area contributed by atoms with Crippen molar-refractivity contribution in [3.05, 3.63) is 55.0 Å². The number of thiophene rings is 1. The number of rotatable bonds is 5. The molecule has 2 aromatic heterocycles. The maximum atomic E-state index is 12.2. The summed E-state index contributed by atoms with van der Waals surface area (Å²) in [5.41, 5.74) is -1.14. The molecule has 2 N–H and O–H groups in total. The van der Waals surface area contributed by atoms with Gasteiger partial charge in [-0.1, -0.05) is 13.0 Å². The van der Waals surface area contributed by atoms with Crippen molar-refractivity contribution in [1.82, 2.24) is 14.9 Å². The Morgan fingerprint density at radius 3 is 2.90 bits per heavy atom. The predicted octanol–water partition coefficient (Wildman–Crippen LogP) is 0.786. The molecule has 0 saturated heterocycles. The minimum atomic E-state index is -0.573. The van der Waals surface area contributed by atoms with E-state index in [9.17, 15) is 14.4 Å². The third-order valence-electron chi connectivity index (χ3n) is 2.73. The molecule has 0 radical (unpaired) electrons. The number of nitrogens with zero attached hydrogens (tertiary/aromatic N) is 1. The van der Waals surface area contributed by atoms with Gasteiger partial charge in [0.05, 0.1) is 6.54 Å². The van der Waals surface area contributed by atoms with Gasteiger partial charge in [0.1, 0.15) is 5.56 Å². The Morgan fingerprint density at radius 2 is 2.25 bits per heavy atom. The lowest BCUT2D eigenvalue weighted by Crippen LogP contribution is -2.40. The number of nitrogens with one attached hydrogen (secondary N) is 2. The summed E-state index contributed by atoms with van der Waals surface area (Å²) in [6, 6.07) is 3.68. The lowest BCUT2D eigenvalue weighted by atomic mass is 10.3. The van der Waals surface area contributed by atoms with Gasteiger partial charge in [0.15, 0.2) is 0 Å². The summed E-state index contributed by atoms with van der Waals surface area (Å²) in [6.45, 7) is 2.57. The van der Waals surface area contributed by atoms with Crippen molar-refractivity contribution < 1.29 is 4.79 Å². The highest BCUT2D eigenvalue weighted by atomic mass is 32.1. The zero-order chi connectivity index (χ0) is 14.5. The van der Waals surface area contributed by atoms with Crippen LogP contribution in [0.1, 0.15) is 28.6 Å². The van der Waals surface area contributed by atoms with Gasteiger partial charge in [-0.3, -0.25) is 14.2 Å². The van der Waals surface area contributed by atoms with E-state index < -0.39 is 17.2 Å². The first kappa shape index (κ1) is 14.3. The second-order valence-corrected chi connectivity index (χ2v) is 5.27. The molecule has 20 heavy (non-hydrogen) atoms. The van der Waals surface area contributed by atoms with Crippen LogP contribution in [0, 0.1) is 0 Å². The number of hydrogen-bond acceptors (Lipinski definition) is 4. The first-order valence-electron chi connectivity index (χ1n) is 6.26. The molecule has 0 aromatic carbocycles. The number of carbonyl (C=O) groups is 1. The van der Waals surface area contributed by atoms with E-state index in [1.54, 1.807) is 0 Å². The van der Waals surface area contributed by atoms with Gasteiger partial charge >= 0.3 is 5.69 Å². The number of aromatic nitrogens is 2. The lowest BCUT2D eigenvalue weighted by Gasteiger charge is -2.06. The van der Waals surface area contributed by atoms with Gasteiger partial charge in [-0.05, 0) is 17.9 Å². The molecule has 0 fully saturated rings. The molecule has 0 aliphatic heterocycles. The Kier molecular flexibility index (Phi) is 4.52. The fourth-order valence-electron chi connectivity index (χ4n) is 1.71. The summed E-state index contributed by atoms with van der Waals surface area (Å²) < 4.78 is 1.03. The van der Waals surface area contributed by atoms with E-state index in [0.29, 0.717) is 6.54 Å². The second-order valence-electron chi connectivity index (χ2n) is 4.23. The summed E-state index contributed by atoms with van der Waals surface area (Å²) in [5.74, 6) is -0.465. The summed E-state index contributed by atoms with van der Waals surface area (Å²) >= 11 is 1.45. The maximum absolute atomic E-state index is 12.2. The first-order chi connectivity index (χ1) is 9.63. The number of carbonyl (C=O) groups excluding carboxylic acids is 1. The van der Waals surface area contributed by atoms with Crippen LogP contribution in [0.25, 0.3) is 0 Å². The Balaban J connectivity index is 2.35. The Hall–Kier alpha value is -2.15. The van der Waals surface area contributed by atoms with Gasteiger partial charge in [-0.15, -0.1) is 11.3 Å².